The van der Waals surface area contributed by atoms with Crippen molar-refractivity contribution in [1.82, 2.24) is 9.13 Å². The number of rotatable bonds is 6. The molecule has 1 aliphatic carbocycles. The minimum Gasteiger partial charge on any atom is -0.309 e. The van der Waals surface area contributed by atoms with Crippen LogP contribution >= 0.6 is 0 Å². The first-order valence-corrected chi connectivity index (χ1v) is 21.9. The zero-order chi connectivity index (χ0) is 41.5. The zero-order valence-corrected chi connectivity index (χ0v) is 34.5. The fraction of sp³-hybridized carbons (Fsp3) is 0.0164. The Hall–Kier alpha value is -8.20. The van der Waals surface area contributed by atoms with Gasteiger partial charge in [-0.15, -0.1) is 0 Å². The van der Waals surface area contributed by atoms with Crippen molar-refractivity contribution in [2.24, 2.45) is 0 Å². The first kappa shape index (κ1) is 35.5. The van der Waals surface area contributed by atoms with Gasteiger partial charge in [0.15, 0.2) is 0 Å². The molecule has 1 aliphatic rings. The van der Waals surface area contributed by atoms with Gasteiger partial charge in [-0.1, -0.05) is 194 Å². The predicted octanol–water partition coefficient (Wildman–Crippen LogP) is 15.6. The van der Waals surface area contributed by atoms with Crippen LogP contribution in [0, 0.1) is 0 Å². The van der Waals surface area contributed by atoms with Gasteiger partial charge in [0.05, 0.1) is 27.5 Å². The molecule has 10 aromatic carbocycles. The van der Waals surface area contributed by atoms with Gasteiger partial charge in [0.1, 0.15) is 0 Å². The highest BCUT2D eigenvalue weighted by molar-refractivity contribution is 6.22. The summed E-state index contributed by atoms with van der Waals surface area (Å²) in [5, 5.41) is 5.00. The van der Waals surface area contributed by atoms with Crippen LogP contribution in [0.25, 0.3) is 88.4 Å². The molecule has 13 rings (SSSR count). The van der Waals surface area contributed by atoms with Crippen molar-refractivity contribution < 1.29 is 0 Å². The Labute approximate surface area is 366 Å². The molecule has 0 N–H and O–H groups in total. The van der Waals surface area contributed by atoms with Gasteiger partial charge >= 0.3 is 0 Å². The van der Waals surface area contributed by atoms with Crippen LogP contribution in [0.3, 0.4) is 0 Å². The van der Waals surface area contributed by atoms with Gasteiger partial charge in [-0.3, -0.25) is 0 Å². The number of benzene rings is 10. The number of aromatic nitrogens is 2. The smallest absolute Gasteiger partial charge is 0.0714 e. The molecule has 0 saturated carbocycles. The van der Waals surface area contributed by atoms with E-state index in [4.69, 9.17) is 0 Å². The predicted molar refractivity (Wildman–Crippen MR) is 263 cm³/mol. The molecule has 0 atom stereocenters. The van der Waals surface area contributed by atoms with Crippen LogP contribution in [0.5, 0.6) is 0 Å². The van der Waals surface area contributed by atoms with Gasteiger partial charge in [0, 0.05) is 38.5 Å². The summed E-state index contributed by atoms with van der Waals surface area (Å²) in [5.41, 5.74) is 19.0. The van der Waals surface area contributed by atoms with Crippen molar-refractivity contribution in [2.75, 3.05) is 0 Å². The molecule has 12 aromatic rings. The van der Waals surface area contributed by atoms with Crippen LogP contribution in [-0.4, -0.2) is 9.13 Å². The summed E-state index contributed by atoms with van der Waals surface area (Å²) in [6.07, 6.45) is 0. The molecular formula is C61H40N2. The highest BCUT2D eigenvalue weighted by Crippen LogP contribution is 2.60. The van der Waals surface area contributed by atoms with E-state index in [2.05, 4.69) is 252 Å². The molecule has 0 fully saturated rings. The summed E-state index contributed by atoms with van der Waals surface area (Å²) in [6.45, 7) is 0. The lowest BCUT2D eigenvalue weighted by Crippen LogP contribution is -2.28. The summed E-state index contributed by atoms with van der Waals surface area (Å²) in [5.74, 6) is 0. The topological polar surface area (TPSA) is 9.86 Å². The molecule has 2 nitrogen and oxygen atoms in total. The molecule has 0 unspecified atom stereocenters. The fourth-order valence-corrected chi connectivity index (χ4v) is 11.0. The lowest BCUT2D eigenvalue weighted by atomic mass is 9.67. The maximum Gasteiger partial charge on any atom is 0.0714 e. The Morgan fingerprint density at radius 1 is 0.302 bits per heavy atom. The number of hydrogen-bond acceptors (Lipinski definition) is 0. The van der Waals surface area contributed by atoms with E-state index >= 15 is 0 Å². The Morgan fingerprint density at radius 3 is 1.51 bits per heavy atom. The molecule has 0 saturated heterocycles. The quantitative estimate of drug-likeness (QED) is 0.159. The van der Waals surface area contributed by atoms with E-state index in [1.165, 1.54) is 99.2 Å². The van der Waals surface area contributed by atoms with Crippen molar-refractivity contribution in [3.8, 4) is 44.8 Å². The molecule has 0 amide bonds. The Morgan fingerprint density at radius 2 is 0.810 bits per heavy atom. The van der Waals surface area contributed by atoms with Crippen molar-refractivity contribution in [2.45, 2.75) is 5.41 Å². The maximum absolute atomic E-state index is 2.55. The van der Waals surface area contributed by atoms with Gasteiger partial charge < -0.3 is 9.13 Å². The first-order chi connectivity index (χ1) is 31.3. The third-order valence-electron chi connectivity index (χ3n) is 13.6. The molecular weight excluding hydrogens is 761 g/mol. The van der Waals surface area contributed by atoms with Gasteiger partial charge in [-0.2, -0.15) is 0 Å². The van der Waals surface area contributed by atoms with E-state index in [9.17, 15) is 0 Å². The Kier molecular flexibility index (Phi) is 7.85. The molecule has 294 valence electrons. The van der Waals surface area contributed by atoms with Crippen LogP contribution in [0.2, 0.25) is 0 Å². The van der Waals surface area contributed by atoms with Gasteiger partial charge in [0.2, 0.25) is 0 Å². The molecule has 0 aliphatic heterocycles. The largest absolute Gasteiger partial charge is 0.309 e. The molecule has 0 bridgehead atoms. The second-order valence-corrected chi connectivity index (χ2v) is 16.8. The zero-order valence-electron chi connectivity index (χ0n) is 34.5. The minimum atomic E-state index is -0.563. The first-order valence-electron chi connectivity index (χ1n) is 21.9. The molecule has 2 heteroatoms. The summed E-state index contributed by atoms with van der Waals surface area (Å²) in [7, 11) is 0. The fourth-order valence-electron chi connectivity index (χ4n) is 11.0. The Balaban J connectivity index is 1.18. The minimum absolute atomic E-state index is 0.563. The summed E-state index contributed by atoms with van der Waals surface area (Å²) in [6, 6.07) is 89.6. The van der Waals surface area contributed by atoms with E-state index in [1.54, 1.807) is 0 Å². The molecule has 0 spiro atoms. The van der Waals surface area contributed by atoms with Gasteiger partial charge in [0.25, 0.3) is 0 Å². The second-order valence-electron chi connectivity index (χ2n) is 16.8. The van der Waals surface area contributed by atoms with Crippen LogP contribution in [0.1, 0.15) is 22.3 Å². The highest BCUT2D eigenvalue weighted by atomic mass is 15.0. The maximum atomic E-state index is 2.55. The second kappa shape index (κ2) is 13.9. The van der Waals surface area contributed by atoms with Crippen LogP contribution < -0.4 is 0 Å². The van der Waals surface area contributed by atoms with E-state index < -0.39 is 5.41 Å². The van der Waals surface area contributed by atoms with Crippen molar-refractivity contribution in [1.29, 1.82) is 0 Å². The summed E-state index contributed by atoms with van der Waals surface area (Å²) >= 11 is 0. The van der Waals surface area contributed by atoms with E-state index in [1.807, 2.05) is 0 Å². The average molecular weight is 801 g/mol. The number of para-hydroxylation sites is 3. The van der Waals surface area contributed by atoms with Crippen molar-refractivity contribution in [3.63, 3.8) is 0 Å². The molecule has 2 aromatic heterocycles. The molecule has 63 heavy (non-hydrogen) atoms. The number of hydrogen-bond donors (Lipinski definition) is 0. The Bertz CT molecular complexity index is 3650. The van der Waals surface area contributed by atoms with Crippen molar-refractivity contribution >= 4 is 43.6 Å². The third kappa shape index (κ3) is 5.13. The molecule has 0 radical (unpaired) electrons. The summed E-state index contributed by atoms with van der Waals surface area (Å²) < 4.78 is 4.96. The van der Waals surface area contributed by atoms with Crippen LogP contribution in [-0.2, 0) is 5.41 Å². The van der Waals surface area contributed by atoms with Crippen LogP contribution in [0.15, 0.2) is 243 Å². The lowest BCUT2D eigenvalue weighted by Gasteiger charge is -2.34. The van der Waals surface area contributed by atoms with Gasteiger partial charge in [-0.05, 0) is 98.6 Å². The SMILES string of the molecule is c1ccc(-c2ccc(-n3c4ccccc4c4ccc(-c5cc6c(c7c8ccccc8n(-c8ccccc8)c57)-c5ccccc5C6(c5ccccc5)c5ccccc5)cc43)cc2)cc1. The number of nitrogens with zero attached hydrogens (tertiary/aromatic N) is 2. The molecule has 2 heterocycles. The monoisotopic (exact) mass is 800 g/mol. The standard InChI is InChI=1S/C61H40N2/c1-5-19-41(20-6-1)42-33-36-47(37-34-42)62-55-31-17-14-27-48(55)49-38-35-43(39-57(49)62)52-40-54-58(59-51-29-15-18-32-56(51)63(60(52)59)46-25-11-4-12-26-46)50-28-13-16-30-53(50)61(54,44-21-7-2-8-22-44)45-23-9-3-10-24-45/h1-40H. The van der Waals surface area contributed by atoms with E-state index in [0.717, 1.165) is 11.4 Å². The average Bonchev–Trinajstić information content (AvgIpc) is 3.99. The van der Waals surface area contributed by atoms with E-state index in [-0.39, 0.29) is 0 Å². The lowest BCUT2D eigenvalue weighted by molar-refractivity contribution is 0.769. The normalized spacial score (nSPS) is 12.9. The van der Waals surface area contributed by atoms with Crippen LogP contribution in [0.4, 0.5) is 0 Å². The summed E-state index contributed by atoms with van der Waals surface area (Å²) in [4.78, 5) is 0. The van der Waals surface area contributed by atoms with Gasteiger partial charge in [-0.25, -0.2) is 0 Å². The third-order valence-corrected chi connectivity index (χ3v) is 13.6. The van der Waals surface area contributed by atoms with E-state index in [0.29, 0.717) is 0 Å². The van der Waals surface area contributed by atoms with Crippen molar-refractivity contribution in [3.05, 3.63) is 265 Å². The number of fused-ring (bicyclic) bond motifs is 10. The highest BCUT2D eigenvalue weighted by Gasteiger charge is 2.47.